The van der Waals surface area contributed by atoms with E-state index in [4.69, 9.17) is 10.5 Å². The highest BCUT2D eigenvalue weighted by atomic mass is 16.5. The van der Waals surface area contributed by atoms with Crippen LogP contribution in [0.15, 0.2) is 24.3 Å². The summed E-state index contributed by atoms with van der Waals surface area (Å²) >= 11 is 0. The van der Waals surface area contributed by atoms with Crippen LogP contribution in [0.3, 0.4) is 0 Å². The van der Waals surface area contributed by atoms with Gasteiger partial charge in [-0.3, -0.25) is 4.79 Å². The number of benzene rings is 1. The van der Waals surface area contributed by atoms with Gasteiger partial charge in [0.2, 0.25) is 0 Å². The van der Waals surface area contributed by atoms with E-state index in [1.165, 1.54) is 11.1 Å². The third-order valence-corrected chi connectivity index (χ3v) is 2.93. The number of nitrogens with two attached hydrogens (primary N) is 1. The molecule has 1 unspecified atom stereocenters. The molecule has 2 rings (SSSR count). The Hall–Kier alpha value is -1.19. The third kappa shape index (κ3) is 2.49. The van der Waals surface area contributed by atoms with Crippen molar-refractivity contribution in [2.45, 2.75) is 25.4 Å². The zero-order chi connectivity index (χ0) is 11.4. The minimum Gasteiger partial charge on any atom is -0.373 e. The monoisotopic (exact) mass is 219 g/mol. The number of hydrogen-bond donors (Lipinski definition) is 1. The van der Waals surface area contributed by atoms with Crippen molar-refractivity contribution >= 4 is 5.78 Å². The minimum absolute atomic E-state index is 0.0657. The third-order valence-electron chi connectivity index (χ3n) is 2.93. The fraction of sp³-hybridized carbons (Fsp3) is 0.462. The van der Waals surface area contributed by atoms with Crippen LogP contribution in [0.4, 0.5) is 0 Å². The molecule has 0 bridgehead atoms. The Morgan fingerprint density at radius 1 is 1.44 bits per heavy atom. The van der Waals surface area contributed by atoms with Gasteiger partial charge in [0.15, 0.2) is 0 Å². The van der Waals surface area contributed by atoms with Gasteiger partial charge in [0.05, 0.1) is 12.7 Å². The van der Waals surface area contributed by atoms with Crippen LogP contribution in [0.25, 0.3) is 0 Å². The molecule has 1 aliphatic heterocycles. The molecule has 3 nitrogen and oxygen atoms in total. The summed E-state index contributed by atoms with van der Waals surface area (Å²) in [4.78, 5) is 11.6. The number of ketones is 1. The highest BCUT2D eigenvalue weighted by molar-refractivity contribution is 5.79. The summed E-state index contributed by atoms with van der Waals surface area (Å²) in [7, 11) is 0. The van der Waals surface area contributed by atoms with Crippen molar-refractivity contribution in [2.75, 3.05) is 13.2 Å². The van der Waals surface area contributed by atoms with E-state index in [0.29, 0.717) is 26.0 Å². The molecule has 0 saturated heterocycles. The summed E-state index contributed by atoms with van der Waals surface area (Å²) in [6.07, 6.45) is 1.78. The summed E-state index contributed by atoms with van der Waals surface area (Å²) in [6.45, 7) is 1.13. The lowest BCUT2D eigenvalue weighted by atomic mass is 9.94. The van der Waals surface area contributed by atoms with Crippen molar-refractivity contribution in [3.05, 3.63) is 35.4 Å². The molecule has 1 aromatic carbocycles. The van der Waals surface area contributed by atoms with E-state index >= 15 is 0 Å². The quantitative estimate of drug-likeness (QED) is 0.837. The maximum atomic E-state index is 11.6. The largest absolute Gasteiger partial charge is 0.373 e. The molecule has 0 aromatic heterocycles. The molecule has 1 aliphatic rings. The van der Waals surface area contributed by atoms with Crippen LogP contribution >= 0.6 is 0 Å². The van der Waals surface area contributed by atoms with Crippen LogP contribution in [0, 0.1) is 0 Å². The number of ether oxygens (including phenoxy) is 1. The van der Waals surface area contributed by atoms with E-state index in [0.717, 1.165) is 6.42 Å². The lowest BCUT2D eigenvalue weighted by Crippen LogP contribution is -2.20. The number of carbonyl (C=O) groups excluding carboxylic acids is 1. The topological polar surface area (TPSA) is 52.3 Å². The average Bonchev–Trinajstić information content (AvgIpc) is 2.30. The Morgan fingerprint density at radius 3 is 3.06 bits per heavy atom. The van der Waals surface area contributed by atoms with Crippen molar-refractivity contribution in [3.63, 3.8) is 0 Å². The number of fused-ring (bicyclic) bond motifs is 1. The molecule has 3 heteroatoms. The molecule has 86 valence electrons. The maximum Gasteiger partial charge on any atom is 0.137 e. The highest BCUT2D eigenvalue weighted by Gasteiger charge is 2.22. The van der Waals surface area contributed by atoms with Gasteiger partial charge in [0, 0.05) is 12.8 Å². The van der Waals surface area contributed by atoms with Crippen LogP contribution < -0.4 is 5.73 Å². The lowest BCUT2D eigenvalue weighted by Gasteiger charge is -2.25. The van der Waals surface area contributed by atoms with Gasteiger partial charge in [-0.1, -0.05) is 24.3 Å². The first kappa shape index (κ1) is 11.3. The van der Waals surface area contributed by atoms with E-state index in [2.05, 4.69) is 12.1 Å². The molecule has 0 fully saturated rings. The fourth-order valence-electron chi connectivity index (χ4n) is 2.12. The number of Topliss-reactive ketones (excluding diaryl/α,β-unsaturated/α-hetero) is 1. The Balaban J connectivity index is 2.10. The fourth-order valence-corrected chi connectivity index (χ4v) is 2.12. The van der Waals surface area contributed by atoms with Gasteiger partial charge in [0.1, 0.15) is 5.78 Å². The summed E-state index contributed by atoms with van der Waals surface area (Å²) in [5.74, 6) is 0.184. The van der Waals surface area contributed by atoms with Gasteiger partial charge < -0.3 is 10.5 Å². The molecular weight excluding hydrogens is 202 g/mol. The normalized spacial score (nSPS) is 19.2. The zero-order valence-electron chi connectivity index (χ0n) is 9.32. The molecule has 16 heavy (non-hydrogen) atoms. The van der Waals surface area contributed by atoms with Gasteiger partial charge in [-0.05, 0) is 24.1 Å². The Labute approximate surface area is 95.6 Å². The van der Waals surface area contributed by atoms with E-state index in [1.54, 1.807) is 0 Å². The molecular formula is C13H17NO2. The number of rotatable bonds is 4. The van der Waals surface area contributed by atoms with Crippen LogP contribution in [0.1, 0.15) is 30.1 Å². The number of carbonyl (C=O) groups is 1. The van der Waals surface area contributed by atoms with Gasteiger partial charge in [-0.15, -0.1) is 0 Å². The second-order valence-electron chi connectivity index (χ2n) is 4.09. The van der Waals surface area contributed by atoms with Gasteiger partial charge >= 0.3 is 0 Å². The second kappa shape index (κ2) is 5.23. The average molecular weight is 219 g/mol. The summed E-state index contributed by atoms with van der Waals surface area (Å²) in [6, 6.07) is 8.18. The van der Waals surface area contributed by atoms with Crippen molar-refractivity contribution in [3.8, 4) is 0 Å². The standard InChI is InChI=1S/C13H17NO2/c14-7-5-11(15)9-13-12-4-2-1-3-10(12)6-8-16-13/h1-4,13H,5-9,14H2. The first-order chi connectivity index (χ1) is 7.81. The molecule has 0 aliphatic carbocycles. The molecule has 0 spiro atoms. The van der Waals surface area contributed by atoms with Crippen LogP contribution in [-0.2, 0) is 16.0 Å². The van der Waals surface area contributed by atoms with Crippen molar-refractivity contribution < 1.29 is 9.53 Å². The predicted molar refractivity (Wildman–Crippen MR) is 62.1 cm³/mol. The van der Waals surface area contributed by atoms with Gasteiger partial charge in [0.25, 0.3) is 0 Å². The highest BCUT2D eigenvalue weighted by Crippen LogP contribution is 2.29. The molecule has 1 aromatic rings. The van der Waals surface area contributed by atoms with Gasteiger partial charge in [-0.2, -0.15) is 0 Å². The first-order valence-electron chi connectivity index (χ1n) is 5.72. The van der Waals surface area contributed by atoms with Crippen LogP contribution in [0.5, 0.6) is 0 Å². The van der Waals surface area contributed by atoms with Crippen LogP contribution in [0.2, 0.25) is 0 Å². The van der Waals surface area contributed by atoms with E-state index in [1.807, 2.05) is 12.1 Å². The van der Waals surface area contributed by atoms with Crippen LogP contribution in [-0.4, -0.2) is 18.9 Å². The first-order valence-corrected chi connectivity index (χ1v) is 5.72. The summed E-state index contributed by atoms with van der Waals surface area (Å²) < 4.78 is 5.66. The van der Waals surface area contributed by atoms with E-state index < -0.39 is 0 Å². The number of hydrogen-bond acceptors (Lipinski definition) is 3. The second-order valence-corrected chi connectivity index (χ2v) is 4.09. The Bertz CT molecular complexity index is 376. The van der Waals surface area contributed by atoms with Crippen molar-refractivity contribution in [1.29, 1.82) is 0 Å². The minimum atomic E-state index is -0.0657. The van der Waals surface area contributed by atoms with E-state index in [-0.39, 0.29) is 11.9 Å². The molecule has 0 radical (unpaired) electrons. The van der Waals surface area contributed by atoms with E-state index in [9.17, 15) is 4.79 Å². The molecule has 0 saturated carbocycles. The Kier molecular flexibility index (Phi) is 3.70. The van der Waals surface area contributed by atoms with Crippen molar-refractivity contribution in [2.24, 2.45) is 5.73 Å². The van der Waals surface area contributed by atoms with Crippen molar-refractivity contribution in [1.82, 2.24) is 0 Å². The molecule has 0 amide bonds. The Morgan fingerprint density at radius 2 is 2.25 bits per heavy atom. The summed E-state index contributed by atoms with van der Waals surface area (Å²) in [5.41, 5.74) is 7.84. The molecule has 1 atom stereocenters. The molecule has 2 N–H and O–H groups in total. The summed E-state index contributed by atoms with van der Waals surface area (Å²) in [5, 5.41) is 0. The zero-order valence-corrected chi connectivity index (χ0v) is 9.32. The SMILES string of the molecule is NCCC(=O)CC1OCCc2ccccc21. The molecule has 1 heterocycles. The smallest absolute Gasteiger partial charge is 0.137 e. The maximum absolute atomic E-state index is 11.6. The van der Waals surface area contributed by atoms with Gasteiger partial charge in [-0.25, -0.2) is 0 Å². The predicted octanol–water partition coefficient (Wildman–Crippen LogP) is 1.61. The lowest BCUT2D eigenvalue weighted by molar-refractivity contribution is -0.122.